The molecular weight excluding hydrogens is 328 g/mol. The van der Waals surface area contributed by atoms with E-state index in [1.807, 2.05) is 55.5 Å². The van der Waals surface area contributed by atoms with Crippen molar-refractivity contribution in [2.75, 3.05) is 18.5 Å². The second kappa shape index (κ2) is 8.34. The lowest BCUT2D eigenvalue weighted by Crippen LogP contribution is -2.20. The monoisotopic (exact) mass is 350 g/mol. The topological polar surface area (TPSA) is 60.5 Å². The normalized spacial score (nSPS) is 10.5. The number of pyridine rings is 1. The maximum atomic E-state index is 12.3. The number of fused-ring (bicyclic) bond motifs is 1. The van der Waals surface area contributed by atoms with Crippen molar-refractivity contribution in [1.29, 1.82) is 0 Å². The van der Waals surface area contributed by atoms with Crippen LogP contribution in [0.4, 0.5) is 5.69 Å². The number of aryl methyl sites for hydroxylation is 1. The Balaban J connectivity index is 1.73. The Morgan fingerprint density at radius 3 is 2.81 bits per heavy atom. The van der Waals surface area contributed by atoms with Gasteiger partial charge in [0.15, 0.2) is 6.61 Å². The average molecular weight is 350 g/mol. The quantitative estimate of drug-likeness (QED) is 0.688. The summed E-state index contributed by atoms with van der Waals surface area (Å²) in [4.78, 5) is 16.7. The molecule has 2 aromatic carbocycles. The minimum Gasteiger partial charge on any atom is -0.491 e. The number of benzene rings is 2. The summed E-state index contributed by atoms with van der Waals surface area (Å²) >= 11 is 0. The predicted molar refractivity (Wildman–Crippen MR) is 103 cm³/mol. The van der Waals surface area contributed by atoms with E-state index in [1.165, 1.54) is 0 Å². The molecule has 0 aliphatic heterocycles. The van der Waals surface area contributed by atoms with Crippen LogP contribution in [0.5, 0.6) is 11.5 Å². The fourth-order valence-corrected chi connectivity index (χ4v) is 2.62. The van der Waals surface area contributed by atoms with E-state index in [2.05, 4.69) is 17.2 Å². The zero-order chi connectivity index (χ0) is 18.4. The Kier molecular flexibility index (Phi) is 5.69. The van der Waals surface area contributed by atoms with E-state index in [0.29, 0.717) is 18.0 Å². The van der Waals surface area contributed by atoms with Gasteiger partial charge >= 0.3 is 0 Å². The number of amides is 1. The van der Waals surface area contributed by atoms with E-state index in [4.69, 9.17) is 9.47 Å². The van der Waals surface area contributed by atoms with Crippen LogP contribution in [-0.4, -0.2) is 24.1 Å². The van der Waals surface area contributed by atoms with Gasteiger partial charge in [-0.1, -0.05) is 19.1 Å². The molecule has 3 rings (SSSR count). The Hall–Kier alpha value is -3.08. The van der Waals surface area contributed by atoms with Gasteiger partial charge in [0, 0.05) is 11.6 Å². The molecule has 26 heavy (non-hydrogen) atoms. The van der Waals surface area contributed by atoms with Gasteiger partial charge in [0.25, 0.3) is 5.91 Å². The molecule has 0 unspecified atom stereocenters. The number of carbonyl (C=O) groups excluding carboxylic acids is 1. The van der Waals surface area contributed by atoms with Crippen LogP contribution in [0.15, 0.2) is 54.7 Å². The Bertz CT molecular complexity index is 909. The molecule has 0 saturated heterocycles. The molecule has 0 aliphatic rings. The first kappa shape index (κ1) is 17.7. The highest BCUT2D eigenvalue weighted by atomic mass is 16.5. The first-order valence-corrected chi connectivity index (χ1v) is 8.67. The third-order valence-electron chi connectivity index (χ3n) is 3.83. The van der Waals surface area contributed by atoms with Crippen LogP contribution in [0.2, 0.25) is 0 Å². The summed E-state index contributed by atoms with van der Waals surface area (Å²) in [6.07, 6.45) is 2.64. The van der Waals surface area contributed by atoms with Crippen LogP contribution in [0.3, 0.4) is 0 Å². The van der Waals surface area contributed by atoms with Gasteiger partial charge in [-0.3, -0.25) is 9.78 Å². The molecule has 1 amide bonds. The fourth-order valence-electron chi connectivity index (χ4n) is 2.62. The highest BCUT2D eigenvalue weighted by molar-refractivity contribution is 6.03. The van der Waals surface area contributed by atoms with Gasteiger partial charge in [-0.2, -0.15) is 0 Å². The number of hydrogen-bond donors (Lipinski definition) is 1. The Morgan fingerprint density at radius 2 is 2.00 bits per heavy atom. The van der Waals surface area contributed by atoms with Crippen LogP contribution >= 0.6 is 0 Å². The number of anilines is 1. The molecule has 0 saturated carbocycles. The van der Waals surface area contributed by atoms with Crippen molar-refractivity contribution in [3.8, 4) is 11.5 Å². The number of rotatable bonds is 7. The molecule has 0 fully saturated rings. The first-order chi connectivity index (χ1) is 12.7. The van der Waals surface area contributed by atoms with Crippen LogP contribution in [0.1, 0.15) is 18.9 Å². The van der Waals surface area contributed by atoms with Crippen molar-refractivity contribution in [3.05, 3.63) is 60.3 Å². The number of hydrogen-bond acceptors (Lipinski definition) is 4. The van der Waals surface area contributed by atoms with Crippen LogP contribution < -0.4 is 14.8 Å². The smallest absolute Gasteiger partial charge is 0.262 e. The molecule has 1 N–H and O–H groups in total. The van der Waals surface area contributed by atoms with Gasteiger partial charge < -0.3 is 14.8 Å². The van der Waals surface area contributed by atoms with Gasteiger partial charge in [-0.05, 0) is 55.3 Å². The number of ether oxygens (including phenoxy) is 2. The molecule has 3 aromatic rings. The molecule has 1 heterocycles. The van der Waals surface area contributed by atoms with Crippen molar-refractivity contribution in [3.63, 3.8) is 0 Å². The summed E-state index contributed by atoms with van der Waals surface area (Å²) in [5.41, 5.74) is 2.51. The lowest BCUT2D eigenvalue weighted by atomic mass is 10.1. The molecule has 0 bridgehead atoms. The summed E-state index contributed by atoms with van der Waals surface area (Å²) < 4.78 is 11.3. The molecule has 5 heteroatoms. The van der Waals surface area contributed by atoms with Crippen LogP contribution in [-0.2, 0) is 4.79 Å². The predicted octanol–water partition coefficient (Wildman–Crippen LogP) is 4.35. The summed E-state index contributed by atoms with van der Waals surface area (Å²) in [7, 11) is 0. The highest BCUT2D eigenvalue weighted by Gasteiger charge is 2.11. The van der Waals surface area contributed by atoms with Crippen LogP contribution in [0.25, 0.3) is 10.9 Å². The maximum absolute atomic E-state index is 12.3. The Morgan fingerprint density at radius 1 is 1.12 bits per heavy atom. The van der Waals surface area contributed by atoms with Crippen molar-refractivity contribution in [1.82, 2.24) is 4.98 Å². The summed E-state index contributed by atoms with van der Waals surface area (Å²) in [6.45, 7) is 4.60. The summed E-state index contributed by atoms with van der Waals surface area (Å²) in [5, 5.41) is 3.73. The maximum Gasteiger partial charge on any atom is 0.262 e. The van der Waals surface area contributed by atoms with Crippen molar-refractivity contribution in [2.24, 2.45) is 0 Å². The highest BCUT2D eigenvalue weighted by Crippen LogP contribution is 2.30. The molecule has 0 spiro atoms. The second-order valence-corrected chi connectivity index (χ2v) is 6.01. The second-order valence-electron chi connectivity index (χ2n) is 6.01. The molecular formula is C21H22N2O3. The number of nitrogens with one attached hydrogen (secondary N) is 1. The fraction of sp³-hybridized carbons (Fsp3) is 0.238. The molecule has 0 radical (unpaired) electrons. The third-order valence-corrected chi connectivity index (χ3v) is 3.83. The van der Waals surface area contributed by atoms with Gasteiger partial charge in [-0.15, -0.1) is 0 Å². The van der Waals surface area contributed by atoms with E-state index in [9.17, 15) is 4.79 Å². The lowest BCUT2D eigenvalue weighted by molar-refractivity contribution is -0.118. The van der Waals surface area contributed by atoms with E-state index in [0.717, 1.165) is 28.6 Å². The van der Waals surface area contributed by atoms with E-state index in [-0.39, 0.29) is 12.5 Å². The lowest BCUT2D eigenvalue weighted by Gasteiger charge is -2.13. The minimum absolute atomic E-state index is 0.0563. The van der Waals surface area contributed by atoms with Crippen molar-refractivity contribution < 1.29 is 14.3 Å². The largest absolute Gasteiger partial charge is 0.491 e. The first-order valence-electron chi connectivity index (χ1n) is 8.67. The number of nitrogens with zero attached hydrogens (tertiary/aromatic N) is 1. The van der Waals surface area contributed by atoms with E-state index < -0.39 is 0 Å². The van der Waals surface area contributed by atoms with Crippen molar-refractivity contribution in [2.45, 2.75) is 20.3 Å². The van der Waals surface area contributed by atoms with Crippen molar-refractivity contribution >= 4 is 22.5 Å². The molecule has 0 atom stereocenters. The zero-order valence-corrected chi connectivity index (χ0v) is 15.0. The van der Waals surface area contributed by atoms with E-state index >= 15 is 0 Å². The average Bonchev–Trinajstić information content (AvgIpc) is 2.66. The minimum atomic E-state index is -0.223. The number of carbonyl (C=O) groups is 1. The van der Waals surface area contributed by atoms with Gasteiger partial charge in [-0.25, -0.2) is 0 Å². The molecule has 134 valence electrons. The summed E-state index contributed by atoms with van der Waals surface area (Å²) in [5.74, 6) is 1.17. The van der Waals surface area contributed by atoms with Gasteiger partial charge in [0.1, 0.15) is 17.0 Å². The summed E-state index contributed by atoms with van der Waals surface area (Å²) in [6, 6.07) is 15.0. The van der Waals surface area contributed by atoms with Crippen LogP contribution in [0, 0.1) is 6.92 Å². The number of aromatic nitrogens is 1. The SMILES string of the molecule is CCCOc1ccc(NC(=O)COc2cccc(C)c2)c2cccnc12. The van der Waals surface area contributed by atoms with Gasteiger partial charge in [0.2, 0.25) is 0 Å². The molecule has 0 aliphatic carbocycles. The molecule has 5 nitrogen and oxygen atoms in total. The van der Waals surface area contributed by atoms with E-state index in [1.54, 1.807) is 6.20 Å². The van der Waals surface area contributed by atoms with Gasteiger partial charge in [0.05, 0.1) is 12.3 Å². The third kappa shape index (κ3) is 4.30. The molecule has 1 aromatic heterocycles. The zero-order valence-electron chi connectivity index (χ0n) is 15.0. The Labute approximate surface area is 153 Å². The standard InChI is InChI=1S/C21H22N2O3/c1-3-12-25-19-10-9-18(17-8-5-11-22-21(17)19)23-20(24)14-26-16-7-4-6-15(2)13-16/h4-11,13H,3,12,14H2,1-2H3,(H,23,24).